The van der Waals surface area contributed by atoms with Crippen LogP contribution in [0, 0.1) is 11.3 Å². The molecule has 0 amide bonds. The molecule has 12 heavy (non-hydrogen) atoms. The number of aldehydes is 1. The van der Waals surface area contributed by atoms with Crippen molar-refractivity contribution in [3.05, 3.63) is 23.3 Å². The molecule has 0 aliphatic carbocycles. The minimum Gasteiger partial charge on any atom is -0.504 e. The molecular weight excluding hydrogens is 158 g/mol. The van der Waals surface area contributed by atoms with Gasteiger partial charge in [-0.1, -0.05) is 0 Å². The quantitative estimate of drug-likeness (QED) is 0.473. The second kappa shape index (κ2) is 2.93. The van der Waals surface area contributed by atoms with Gasteiger partial charge >= 0.3 is 0 Å². The number of hydrogen-bond acceptors (Lipinski definition) is 4. The third kappa shape index (κ3) is 1.20. The van der Waals surface area contributed by atoms with E-state index in [9.17, 15) is 4.79 Å². The van der Waals surface area contributed by atoms with E-state index in [-0.39, 0.29) is 11.1 Å². The zero-order chi connectivity index (χ0) is 9.14. The molecule has 0 spiro atoms. The van der Waals surface area contributed by atoms with Crippen LogP contribution in [0.15, 0.2) is 12.1 Å². The van der Waals surface area contributed by atoms with Crippen LogP contribution in [0.4, 0.5) is 0 Å². The van der Waals surface area contributed by atoms with E-state index in [1.807, 2.05) is 0 Å². The largest absolute Gasteiger partial charge is 0.504 e. The first kappa shape index (κ1) is 8.08. The van der Waals surface area contributed by atoms with Crippen molar-refractivity contribution in [3.63, 3.8) is 0 Å². The summed E-state index contributed by atoms with van der Waals surface area (Å²) in [5.74, 6) is -0.959. The van der Waals surface area contributed by atoms with Crippen molar-refractivity contribution < 1.29 is 15.0 Å². The average molecular weight is 163 g/mol. The van der Waals surface area contributed by atoms with E-state index in [1.165, 1.54) is 6.07 Å². The first-order valence-corrected chi connectivity index (χ1v) is 3.10. The molecule has 0 aliphatic rings. The van der Waals surface area contributed by atoms with Crippen molar-refractivity contribution in [2.45, 2.75) is 0 Å². The number of rotatable bonds is 1. The van der Waals surface area contributed by atoms with Gasteiger partial charge in [0.2, 0.25) is 0 Å². The Morgan fingerprint density at radius 3 is 2.58 bits per heavy atom. The number of carbonyl (C=O) groups excluding carboxylic acids is 1. The summed E-state index contributed by atoms with van der Waals surface area (Å²) in [6.45, 7) is 0. The number of hydrogen-bond donors (Lipinski definition) is 2. The first-order valence-electron chi connectivity index (χ1n) is 3.10. The summed E-state index contributed by atoms with van der Waals surface area (Å²) in [7, 11) is 0. The fourth-order valence-electron chi connectivity index (χ4n) is 0.794. The maximum atomic E-state index is 10.2. The average Bonchev–Trinajstić information content (AvgIpc) is 2.09. The number of phenols is 2. The molecule has 0 heterocycles. The molecular formula is C8H5NO3. The minimum absolute atomic E-state index is 0.114. The molecule has 0 aromatic heterocycles. The van der Waals surface area contributed by atoms with Gasteiger partial charge < -0.3 is 10.2 Å². The second-order valence-corrected chi connectivity index (χ2v) is 2.17. The van der Waals surface area contributed by atoms with E-state index >= 15 is 0 Å². The highest BCUT2D eigenvalue weighted by atomic mass is 16.3. The summed E-state index contributed by atoms with van der Waals surface area (Å²) in [5.41, 5.74) is 0.0407. The maximum absolute atomic E-state index is 10.2. The van der Waals surface area contributed by atoms with Gasteiger partial charge in [0.05, 0.1) is 5.56 Å². The Hall–Kier alpha value is -2.02. The molecule has 60 valence electrons. The van der Waals surface area contributed by atoms with E-state index in [0.717, 1.165) is 6.07 Å². The van der Waals surface area contributed by atoms with Crippen LogP contribution in [-0.2, 0) is 0 Å². The van der Waals surface area contributed by atoms with E-state index in [2.05, 4.69) is 0 Å². The number of benzene rings is 1. The lowest BCUT2D eigenvalue weighted by atomic mass is 10.1. The SMILES string of the molecule is N#Cc1cc(C=O)cc(O)c1O. The monoisotopic (exact) mass is 163 g/mol. The lowest BCUT2D eigenvalue weighted by molar-refractivity contribution is 0.112. The summed E-state index contributed by atoms with van der Waals surface area (Å²) in [6, 6.07) is 3.92. The molecule has 1 aromatic carbocycles. The molecule has 0 unspecified atom stereocenters. The van der Waals surface area contributed by atoms with Gasteiger partial charge in [-0.25, -0.2) is 0 Å². The van der Waals surface area contributed by atoms with Crippen molar-refractivity contribution in [1.29, 1.82) is 5.26 Å². The zero-order valence-electron chi connectivity index (χ0n) is 5.98. The van der Waals surface area contributed by atoms with E-state index < -0.39 is 11.5 Å². The Morgan fingerprint density at radius 1 is 1.42 bits per heavy atom. The van der Waals surface area contributed by atoms with Gasteiger partial charge in [-0.05, 0) is 12.1 Å². The summed E-state index contributed by atoms with van der Waals surface area (Å²) < 4.78 is 0. The van der Waals surface area contributed by atoms with Crippen LogP contribution in [0.1, 0.15) is 15.9 Å². The van der Waals surface area contributed by atoms with Crippen LogP contribution in [0.25, 0.3) is 0 Å². The number of nitriles is 1. The van der Waals surface area contributed by atoms with Crippen LogP contribution in [0.2, 0.25) is 0 Å². The molecule has 0 saturated heterocycles. The third-order valence-corrected chi connectivity index (χ3v) is 1.37. The molecule has 1 aromatic rings. The van der Waals surface area contributed by atoms with Crippen LogP contribution in [0.3, 0.4) is 0 Å². The standard InChI is InChI=1S/C8H5NO3/c9-3-6-1-5(4-10)2-7(11)8(6)12/h1-2,4,11-12H. The summed E-state index contributed by atoms with van der Waals surface area (Å²) in [6.07, 6.45) is 0.486. The first-order chi connectivity index (χ1) is 5.69. The predicted octanol–water partition coefficient (Wildman–Crippen LogP) is 0.782. The molecule has 0 atom stereocenters. The third-order valence-electron chi connectivity index (χ3n) is 1.37. The van der Waals surface area contributed by atoms with Crippen molar-refractivity contribution >= 4 is 6.29 Å². The van der Waals surface area contributed by atoms with E-state index in [0.29, 0.717) is 6.29 Å². The summed E-state index contributed by atoms with van der Waals surface area (Å²) in [5, 5.41) is 26.4. The molecule has 0 saturated carbocycles. The van der Waals surface area contributed by atoms with Crippen molar-refractivity contribution in [1.82, 2.24) is 0 Å². The topological polar surface area (TPSA) is 81.3 Å². The molecule has 4 heteroatoms. The Bertz CT molecular complexity index is 365. The Morgan fingerprint density at radius 2 is 2.08 bits per heavy atom. The van der Waals surface area contributed by atoms with Gasteiger partial charge in [-0.15, -0.1) is 0 Å². The Labute approximate surface area is 68.3 Å². The molecule has 1 rings (SSSR count). The van der Waals surface area contributed by atoms with Gasteiger partial charge in [0, 0.05) is 5.56 Å². The van der Waals surface area contributed by atoms with Gasteiger partial charge in [-0.3, -0.25) is 4.79 Å². The maximum Gasteiger partial charge on any atom is 0.175 e. The summed E-state index contributed by atoms with van der Waals surface area (Å²) in [4.78, 5) is 10.2. The predicted molar refractivity (Wildman–Crippen MR) is 39.9 cm³/mol. The molecule has 4 nitrogen and oxygen atoms in total. The summed E-state index contributed by atoms with van der Waals surface area (Å²) >= 11 is 0. The second-order valence-electron chi connectivity index (χ2n) is 2.17. The number of phenolic OH excluding ortho intramolecular Hbond substituents is 2. The zero-order valence-corrected chi connectivity index (χ0v) is 5.98. The smallest absolute Gasteiger partial charge is 0.175 e. The lowest BCUT2D eigenvalue weighted by Crippen LogP contribution is -1.83. The highest BCUT2D eigenvalue weighted by Gasteiger charge is 2.07. The van der Waals surface area contributed by atoms with Gasteiger partial charge in [0.1, 0.15) is 12.4 Å². The highest BCUT2D eigenvalue weighted by molar-refractivity contribution is 5.78. The van der Waals surface area contributed by atoms with Gasteiger partial charge in [0.15, 0.2) is 11.5 Å². The Balaban J connectivity index is 3.41. The van der Waals surface area contributed by atoms with Crippen LogP contribution in [0.5, 0.6) is 11.5 Å². The van der Waals surface area contributed by atoms with Crippen LogP contribution < -0.4 is 0 Å². The molecule has 0 aliphatic heterocycles. The number of nitrogens with zero attached hydrogens (tertiary/aromatic N) is 1. The minimum atomic E-state index is -0.497. The molecule has 0 bridgehead atoms. The highest BCUT2D eigenvalue weighted by Crippen LogP contribution is 2.28. The van der Waals surface area contributed by atoms with E-state index in [1.54, 1.807) is 6.07 Å². The normalized spacial score (nSPS) is 8.92. The van der Waals surface area contributed by atoms with Crippen molar-refractivity contribution in [3.8, 4) is 17.6 Å². The number of aromatic hydroxyl groups is 2. The fraction of sp³-hybridized carbons (Fsp3) is 0. The molecule has 0 radical (unpaired) electrons. The van der Waals surface area contributed by atoms with Crippen LogP contribution in [-0.4, -0.2) is 16.5 Å². The van der Waals surface area contributed by atoms with Gasteiger partial charge in [0.25, 0.3) is 0 Å². The fourth-order valence-corrected chi connectivity index (χ4v) is 0.794. The molecule has 0 fully saturated rings. The lowest BCUT2D eigenvalue weighted by Gasteiger charge is -1.99. The van der Waals surface area contributed by atoms with Gasteiger partial charge in [-0.2, -0.15) is 5.26 Å². The van der Waals surface area contributed by atoms with Crippen molar-refractivity contribution in [2.75, 3.05) is 0 Å². The van der Waals surface area contributed by atoms with E-state index in [4.69, 9.17) is 15.5 Å². The Kier molecular flexibility index (Phi) is 1.97. The van der Waals surface area contributed by atoms with Crippen molar-refractivity contribution in [2.24, 2.45) is 0 Å². The van der Waals surface area contributed by atoms with Crippen LogP contribution >= 0.6 is 0 Å². The number of carbonyl (C=O) groups is 1. The molecule has 2 N–H and O–H groups in total.